The van der Waals surface area contributed by atoms with Crippen LogP contribution in [0.5, 0.6) is 0 Å². The van der Waals surface area contributed by atoms with Gasteiger partial charge in [0.1, 0.15) is 0 Å². The molecule has 0 aromatic carbocycles. The standard InChI is InChI=1S/C16H26N4O2S.HI/c1-4-17-16(19-10-14-9-18-12(3)23-14)20-8-6-7-13(11-20)15(21)22-5-2;/h9,13H,4-8,10-11H2,1-3H3,(H,17,19);1H. The van der Waals surface area contributed by atoms with Crippen molar-refractivity contribution < 1.29 is 9.53 Å². The number of carbonyl (C=O) groups is 1. The van der Waals surface area contributed by atoms with Crippen molar-refractivity contribution >= 4 is 47.2 Å². The van der Waals surface area contributed by atoms with Crippen LogP contribution in [0.3, 0.4) is 0 Å². The average Bonchev–Trinajstić information content (AvgIpc) is 2.97. The van der Waals surface area contributed by atoms with Crippen molar-refractivity contribution in [3.8, 4) is 0 Å². The van der Waals surface area contributed by atoms with Gasteiger partial charge in [-0.15, -0.1) is 35.3 Å². The quantitative estimate of drug-likeness (QED) is 0.313. The summed E-state index contributed by atoms with van der Waals surface area (Å²) < 4.78 is 5.17. The summed E-state index contributed by atoms with van der Waals surface area (Å²) in [5.74, 6) is 0.719. The Kier molecular flexibility index (Phi) is 9.57. The lowest BCUT2D eigenvalue weighted by molar-refractivity contribution is -0.149. The maximum Gasteiger partial charge on any atom is 0.310 e. The molecule has 0 aliphatic carbocycles. The lowest BCUT2D eigenvalue weighted by atomic mass is 9.98. The molecule has 24 heavy (non-hydrogen) atoms. The van der Waals surface area contributed by atoms with Gasteiger partial charge in [0.15, 0.2) is 5.96 Å². The predicted molar refractivity (Wildman–Crippen MR) is 108 cm³/mol. The van der Waals surface area contributed by atoms with E-state index in [9.17, 15) is 4.79 Å². The van der Waals surface area contributed by atoms with Crippen molar-refractivity contribution in [2.24, 2.45) is 10.9 Å². The van der Waals surface area contributed by atoms with Crippen molar-refractivity contribution in [2.75, 3.05) is 26.2 Å². The molecule has 2 rings (SSSR count). The number of guanidine groups is 1. The van der Waals surface area contributed by atoms with Crippen LogP contribution in [-0.2, 0) is 16.1 Å². The number of nitrogens with one attached hydrogen (secondary N) is 1. The van der Waals surface area contributed by atoms with Gasteiger partial charge in [-0.3, -0.25) is 4.79 Å². The third-order valence-corrected chi connectivity index (χ3v) is 4.63. The average molecular weight is 466 g/mol. The molecule has 6 nitrogen and oxygen atoms in total. The molecule has 1 aromatic heterocycles. The summed E-state index contributed by atoms with van der Waals surface area (Å²) in [7, 11) is 0. The molecule has 1 atom stereocenters. The van der Waals surface area contributed by atoms with Crippen LogP contribution >= 0.6 is 35.3 Å². The predicted octanol–water partition coefficient (Wildman–Crippen LogP) is 2.81. The van der Waals surface area contributed by atoms with E-state index < -0.39 is 0 Å². The Balaban J connectivity index is 0.00000288. The fourth-order valence-electron chi connectivity index (χ4n) is 2.68. The molecule has 1 fully saturated rings. The highest BCUT2D eigenvalue weighted by atomic mass is 127. The van der Waals surface area contributed by atoms with Crippen LogP contribution in [0.15, 0.2) is 11.2 Å². The smallest absolute Gasteiger partial charge is 0.310 e. The van der Waals surface area contributed by atoms with Crippen LogP contribution in [0, 0.1) is 12.8 Å². The zero-order valence-corrected chi connectivity index (χ0v) is 17.7. The van der Waals surface area contributed by atoms with Crippen LogP contribution in [0.1, 0.15) is 36.6 Å². The minimum atomic E-state index is -0.0915. The van der Waals surface area contributed by atoms with Crippen LogP contribution in [0.2, 0.25) is 0 Å². The maximum absolute atomic E-state index is 12.0. The molecule has 2 heterocycles. The van der Waals surface area contributed by atoms with Gasteiger partial charge in [0.25, 0.3) is 0 Å². The van der Waals surface area contributed by atoms with Gasteiger partial charge in [-0.25, -0.2) is 9.98 Å². The monoisotopic (exact) mass is 466 g/mol. The van der Waals surface area contributed by atoms with Gasteiger partial charge in [-0.05, 0) is 33.6 Å². The Labute approximate surface area is 165 Å². The van der Waals surface area contributed by atoms with E-state index in [0.717, 1.165) is 41.8 Å². The largest absolute Gasteiger partial charge is 0.466 e. The zero-order chi connectivity index (χ0) is 16.7. The lowest BCUT2D eigenvalue weighted by Crippen LogP contribution is -2.48. The van der Waals surface area contributed by atoms with E-state index in [1.54, 1.807) is 11.3 Å². The van der Waals surface area contributed by atoms with Gasteiger partial charge in [0, 0.05) is 30.7 Å². The fraction of sp³-hybridized carbons (Fsp3) is 0.688. The number of aromatic nitrogens is 1. The summed E-state index contributed by atoms with van der Waals surface area (Å²) >= 11 is 1.67. The number of ether oxygens (including phenoxy) is 1. The maximum atomic E-state index is 12.0. The van der Waals surface area contributed by atoms with E-state index >= 15 is 0 Å². The number of carbonyl (C=O) groups excluding carboxylic acids is 1. The number of rotatable bonds is 5. The molecule has 1 N–H and O–H groups in total. The van der Waals surface area contributed by atoms with Gasteiger partial charge in [-0.2, -0.15) is 0 Å². The van der Waals surface area contributed by atoms with E-state index in [4.69, 9.17) is 9.73 Å². The summed E-state index contributed by atoms with van der Waals surface area (Å²) in [6.07, 6.45) is 3.75. The van der Waals surface area contributed by atoms with E-state index in [0.29, 0.717) is 19.7 Å². The summed E-state index contributed by atoms with van der Waals surface area (Å²) in [5.41, 5.74) is 0. The SMILES string of the molecule is CCNC(=NCc1cnc(C)s1)N1CCCC(C(=O)OCC)C1.I. The van der Waals surface area contributed by atoms with Gasteiger partial charge >= 0.3 is 5.97 Å². The van der Waals surface area contributed by atoms with Gasteiger partial charge in [0.05, 0.1) is 24.1 Å². The zero-order valence-electron chi connectivity index (χ0n) is 14.6. The molecule has 1 aliphatic heterocycles. The second-order valence-corrected chi connectivity index (χ2v) is 6.87. The third-order valence-electron chi connectivity index (χ3n) is 3.73. The van der Waals surface area contributed by atoms with Crippen molar-refractivity contribution in [3.63, 3.8) is 0 Å². The molecule has 1 unspecified atom stereocenters. The Morgan fingerprint density at radius 1 is 1.54 bits per heavy atom. The molecule has 1 aliphatic rings. The molecular weight excluding hydrogens is 439 g/mol. The molecule has 0 radical (unpaired) electrons. The first-order valence-corrected chi connectivity index (χ1v) is 9.06. The van der Waals surface area contributed by atoms with Crippen LogP contribution in [0.4, 0.5) is 0 Å². The molecule has 0 saturated carbocycles. The second kappa shape index (κ2) is 10.9. The van der Waals surface area contributed by atoms with Gasteiger partial charge in [-0.1, -0.05) is 0 Å². The second-order valence-electron chi connectivity index (χ2n) is 5.55. The highest BCUT2D eigenvalue weighted by Crippen LogP contribution is 2.19. The Morgan fingerprint density at radius 3 is 2.96 bits per heavy atom. The van der Waals surface area contributed by atoms with Crippen LogP contribution in [-0.4, -0.2) is 48.1 Å². The number of aryl methyl sites for hydroxylation is 1. The van der Waals surface area contributed by atoms with E-state index in [-0.39, 0.29) is 35.9 Å². The summed E-state index contributed by atoms with van der Waals surface area (Å²) in [6, 6.07) is 0. The fourth-order valence-corrected chi connectivity index (χ4v) is 3.40. The van der Waals surface area contributed by atoms with Crippen molar-refractivity contribution in [3.05, 3.63) is 16.1 Å². The highest BCUT2D eigenvalue weighted by Gasteiger charge is 2.28. The number of likely N-dealkylation sites (tertiary alicyclic amines) is 1. The number of hydrogen-bond donors (Lipinski definition) is 1. The summed E-state index contributed by atoms with van der Waals surface area (Å²) in [6.45, 7) is 9.36. The molecule has 0 amide bonds. The highest BCUT2D eigenvalue weighted by molar-refractivity contribution is 14.0. The van der Waals surface area contributed by atoms with Crippen molar-refractivity contribution in [1.82, 2.24) is 15.2 Å². The minimum Gasteiger partial charge on any atom is -0.466 e. The molecular formula is C16H27IN4O2S. The molecule has 0 bridgehead atoms. The molecule has 0 spiro atoms. The first kappa shape index (κ1) is 21.1. The van der Waals surface area contributed by atoms with E-state index in [1.807, 2.05) is 20.0 Å². The van der Waals surface area contributed by atoms with E-state index in [1.165, 1.54) is 0 Å². The first-order chi connectivity index (χ1) is 11.1. The number of nitrogens with zero attached hydrogens (tertiary/aromatic N) is 3. The summed E-state index contributed by atoms with van der Waals surface area (Å²) in [5, 5.41) is 4.38. The number of esters is 1. The van der Waals surface area contributed by atoms with E-state index in [2.05, 4.69) is 22.1 Å². The van der Waals surface area contributed by atoms with Gasteiger partial charge in [0.2, 0.25) is 0 Å². The van der Waals surface area contributed by atoms with Crippen LogP contribution in [0.25, 0.3) is 0 Å². The number of thiazole rings is 1. The number of piperidine rings is 1. The topological polar surface area (TPSA) is 66.8 Å². The Morgan fingerprint density at radius 2 is 2.33 bits per heavy atom. The lowest BCUT2D eigenvalue weighted by Gasteiger charge is -2.34. The first-order valence-electron chi connectivity index (χ1n) is 8.25. The minimum absolute atomic E-state index is 0. The normalized spacial score (nSPS) is 18.0. The van der Waals surface area contributed by atoms with Crippen molar-refractivity contribution in [2.45, 2.75) is 40.2 Å². The third kappa shape index (κ3) is 6.19. The molecule has 1 saturated heterocycles. The van der Waals surface area contributed by atoms with Crippen LogP contribution < -0.4 is 5.32 Å². The number of halogens is 1. The molecule has 1 aromatic rings. The number of hydrogen-bond acceptors (Lipinski definition) is 5. The van der Waals surface area contributed by atoms with Crippen molar-refractivity contribution in [1.29, 1.82) is 0 Å². The Bertz CT molecular complexity index is 550. The summed E-state index contributed by atoms with van der Waals surface area (Å²) in [4.78, 5) is 24.3. The molecule has 8 heteroatoms. The number of aliphatic imine (C=N–C) groups is 1. The van der Waals surface area contributed by atoms with Gasteiger partial charge < -0.3 is 15.0 Å². The Hall–Kier alpha value is -0.900. The molecule has 136 valence electrons.